The van der Waals surface area contributed by atoms with Crippen molar-refractivity contribution in [3.8, 4) is 0 Å². The lowest BCUT2D eigenvalue weighted by molar-refractivity contribution is -0.116. The molecule has 2 aliphatic heterocycles. The summed E-state index contributed by atoms with van der Waals surface area (Å²) in [5.74, 6) is 0.122. The van der Waals surface area contributed by atoms with E-state index in [0.29, 0.717) is 6.04 Å². The Morgan fingerprint density at radius 2 is 2.32 bits per heavy atom. The van der Waals surface area contributed by atoms with Crippen LogP contribution in [0.5, 0.6) is 0 Å². The third-order valence-electron chi connectivity index (χ3n) is 4.08. The number of amides is 1. The molecule has 1 aromatic rings. The van der Waals surface area contributed by atoms with Gasteiger partial charge in [0.25, 0.3) is 0 Å². The number of carbonyl (C=O) groups excluding carboxylic acids is 1. The van der Waals surface area contributed by atoms with Gasteiger partial charge in [-0.05, 0) is 43.5 Å². The zero-order valence-corrected chi connectivity index (χ0v) is 11.5. The molecular weight excluding hydrogens is 240 g/mol. The SMILES string of the molecule is CC(=O)N1CCc2cc(NC3CCOC3C)ccc21. The number of fused-ring (bicyclic) bond motifs is 1. The van der Waals surface area contributed by atoms with E-state index in [-0.39, 0.29) is 12.0 Å². The Morgan fingerprint density at radius 1 is 1.47 bits per heavy atom. The van der Waals surface area contributed by atoms with Gasteiger partial charge < -0.3 is 15.0 Å². The third-order valence-corrected chi connectivity index (χ3v) is 4.08. The summed E-state index contributed by atoms with van der Waals surface area (Å²) >= 11 is 0. The average Bonchev–Trinajstić information content (AvgIpc) is 2.96. The van der Waals surface area contributed by atoms with Crippen molar-refractivity contribution in [3.05, 3.63) is 23.8 Å². The number of nitrogens with zero attached hydrogens (tertiary/aromatic N) is 1. The van der Waals surface area contributed by atoms with Crippen LogP contribution in [-0.4, -0.2) is 31.2 Å². The Balaban J connectivity index is 1.77. The second kappa shape index (κ2) is 4.85. The highest BCUT2D eigenvalue weighted by atomic mass is 16.5. The van der Waals surface area contributed by atoms with Crippen LogP contribution in [0.15, 0.2) is 18.2 Å². The maximum absolute atomic E-state index is 11.5. The van der Waals surface area contributed by atoms with Gasteiger partial charge in [-0.1, -0.05) is 0 Å². The molecular formula is C15H20N2O2. The first-order valence-electron chi connectivity index (χ1n) is 6.94. The summed E-state index contributed by atoms with van der Waals surface area (Å²) in [6.45, 7) is 5.37. The number of hydrogen-bond donors (Lipinski definition) is 1. The predicted molar refractivity (Wildman–Crippen MR) is 75.6 cm³/mol. The van der Waals surface area contributed by atoms with Crippen LogP contribution in [0, 0.1) is 0 Å². The molecule has 2 heterocycles. The second-order valence-electron chi connectivity index (χ2n) is 5.38. The van der Waals surface area contributed by atoms with E-state index < -0.39 is 0 Å². The molecule has 0 spiro atoms. The molecule has 102 valence electrons. The third kappa shape index (κ3) is 2.32. The lowest BCUT2D eigenvalue weighted by Crippen LogP contribution is -2.27. The van der Waals surface area contributed by atoms with E-state index in [0.717, 1.165) is 37.4 Å². The highest BCUT2D eigenvalue weighted by molar-refractivity contribution is 5.94. The molecule has 0 aliphatic carbocycles. The van der Waals surface area contributed by atoms with Gasteiger partial charge in [0.15, 0.2) is 0 Å². The van der Waals surface area contributed by atoms with E-state index in [1.807, 2.05) is 11.0 Å². The van der Waals surface area contributed by atoms with Crippen LogP contribution in [-0.2, 0) is 16.0 Å². The summed E-state index contributed by atoms with van der Waals surface area (Å²) in [4.78, 5) is 13.4. The molecule has 2 atom stereocenters. The molecule has 2 aliphatic rings. The fourth-order valence-corrected chi connectivity index (χ4v) is 2.95. The lowest BCUT2D eigenvalue weighted by Gasteiger charge is -2.19. The van der Waals surface area contributed by atoms with E-state index in [9.17, 15) is 4.79 Å². The monoisotopic (exact) mass is 260 g/mol. The molecule has 1 saturated heterocycles. The van der Waals surface area contributed by atoms with Crippen LogP contribution in [0.1, 0.15) is 25.8 Å². The van der Waals surface area contributed by atoms with E-state index >= 15 is 0 Å². The number of anilines is 2. The molecule has 2 unspecified atom stereocenters. The standard InChI is InChI=1S/C15H20N2O2/c1-10-14(6-8-19-10)16-13-3-4-15-12(9-13)5-7-17(15)11(2)18/h3-4,9-10,14,16H,5-8H2,1-2H3. The Labute approximate surface area is 113 Å². The van der Waals surface area contributed by atoms with Gasteiger partial charge in [0.1, 0.15) is 0 Å². The Kier molecular flexibility index (Phi) is 3.19. The maximum atomic E-state index is 11.5. The van der Waals surface area contributed by atoms with Crippen molar-refractivity contribution in [2.45, 2.75) is 38.8 Å². The van der Waals surface area contributed by atoms with Gasteiger partial charge in [0.05, 0.1) is 12.1 Å². The van der Waals surface area contributed by atoms with Gasteiger partial charge >= 0.3 is 0 Å². The lowest BCUT2D eigenvalue weighted by atomic mass is 10.1. The van der Waals surface area contributed by atoms with Gasteiger partial charge in [-0.15, -0.1) is 0 Å². The Bertz CT molecular complexity index is 501. The normalized spacial score (nSPS) is 25.5. The van der Waals surface area contributed by atoms with Gasteiger partial charge in [-0.25, -0.2) is 0 Å². The summed E-state index contributed by atoms with van der Waals surface area (Å²) in [7, 11) is 0. The summed E-state index contributed by atoms with van der Waals surface area (Å²) in [6.07, 6.45) is 2.26. The van der Waals surface area contributed by atoms with Gasteiger partial charge in [-0.2, -0.15) is 0 Å². The van der Waals surface area contributed by atoms with Crippen LogP contribution in [0.4, 0.5) is 11.4 Å². The van der Waals surface area contributed by atoms with Crippen molar-refractivity contribution in [3.63, 3.8) is 0 Å². The molecule has 1 N–H and O–H groups in total. The van der Waals surface area contributed by atoms with E-state index in [1.54, 1.807) is 6.92 Å². The predicted octanol–water partition coefficient (Wildman–Crippen LogP) is 2.18. The van der Waals surface area contributed by atoms with Crippen molar-refractivity contribution in [1.82, 2.24) is 0 Å². The molecule has 4 nitrogen and oxygen atoms in total. The first kappa shape index (κ1) is 12.5. The molecule has 4 heteroatoms. The minimum Gasteiger partial charge on any atom is -0.380 e. The average molecular weight is 260 g/mol. The van der Waals surface area contributed by atoms with Crippen LogP contribution in [0.2, 0.25) is 0 Å². The highest BCUT2D eigenvalue weighted by Crippen LogP contribution is 2.31. The zero-order valence-electron chi connectivity index (χ0n) is 11.5. The van der Waals surface area contributed by atoms with E-state index in [1.165, 1.54) is 5.56 Å². The fraction of sp³-hybridized carbons (Fsp3) is 0.533. The van der Waals surface area contributed by atoms with E-state index in [4.69, 9.17) is 4.74 Å². The number of hydrogen-bond acceptors (Lipinski definition) is 3. The van der Waals surface area contributed by atoms with Gasteiger partial charge in [0, 0.05) is 31.5 Å². The number of ether oxygens (including phenoxy) is 1. The molecule has 0 aromatic heterocycles. The highest BCUT2D eigenvalue weighted by Gasteiger charge is 2.25. The maximum Gasteiger partial charge on any atom is 0.223 e. The van der Waals surface area contributed by atoms with Crippen molar-refractivity contribution < 1.29 is 9.53 Å². The van der Waals surface area contributed by atoms with Crippen LogP contribution in [0.25, 0.3) is 0 Å². The second-order valence-corrected chi connectivity index (χ2v) is 5.38. The van der Waals surface area contributed by atoms with Crippen LogP contribution >= 0.6 is 0 Å². The smallest absolute Gasteiger partial charge is 0.223 e. The van der Waals surface area contributed by atoms with Crippen molar-refractivity contribution in [2.24, 2.45) is 0 Å². The number of carbonyl (C=O) groups is 1. The number of nitrogens with one attached hydrogen (secondary N) is 1. The van der Waals surface area contributed by atoms with Gasteiger partial charge in [0.2, 0.25) is 5.91 Å². The molecule has 19 heavy (non-hydrogen) atoms. The van der Waals surface area contributed by atoms with Crippen LogP contribution in [0.3, 0.4) is 0 Å². The fourth-order valence-electron chi connectivity index (χ4n) is 2.95. The largest absolute Gasteiger partial charge is 0.380 e. The number of rotatable bonds is 2. The minimum atomic E-state index is 0.122. The van der Waals surface area contributed by atoms with E-state index in [2.05, 4.69) is 24.4 Å². The Hall–Kier alpha value is -1.55. The molecule has 0 radical (unpaired) electrons. The van der Waals surface area contributed by atoms with Crippen molar-refractivity contribution >= 4 is 17.3 Å². The Morgan fingerprint density at radius 3 is 3.00 bits per heavy atom. The molecule has 3 rings (SSSR count). The number of benzene rings is 1. The minimum absolute atomic E-state index is 0.122. The molecule has 1 fully saturated rings. The quantitative estimate of drug-likeness (QED) is 0.886. The first-order chi connectivity index (χ1) is 9.15. The summed E-state index contributed by atoms with van der Waals surface area (Å²) in [5, 5.41) is 3.54. The van der Waals surface area contributed by atoms with Crippen LogP contribution < -0.4 is 10.2 Å². The topological polar surface area (TPSA) is 41.6 Å². The van der Waals surface area contributed by atoms with Crippen molar-refractivity contribution in [1.29, 1.82) is 0 Å². The van der Waals surface area contributed by atoms with Gasteiger partial charge in [-0.3, -0.25) is 4.79 Å². The summed E-state index contributed by atoms with van der Waals surface area (Å²) in [5.41, 5.74) is 3.45. The zero-order chi connectivity index (χ0) is 13.4. The summed E-state index contributed by atoms with van der Waals surface area (Å²) in [6, 6.07) is 6.67. The molecule has 1 aromatic carbocycles. The molecule has 0 saturated carbocycles. The van der Waals surface area contributed by atoms with Crippen molar-refractivity contribution in [2.75, 3.05) is 23.4 Å². The molecule has 1 amide bonds. The molecule has 0 bridgehead atoms. The summed E-state index contributed by atoms with van der Waals surface area (Å²) < 4.78 is 5.56. The first-order valence-corrected chi connectivity index (χ1v) is 6.94.